The highest BCUT2D eigenvalue weighted by atomic mass is 32.2. The van der Waals surface area contributed by atoms with Gasteiger partial charge in [0.2, 0.25) is 21.7 Å². The lowest BCUT2D eigenvalue weighted by molar-refractivity contribution is 0.385. The summed E-state index contributed by atoms with van der Waals surface area (Å²) >= 11 is 0. The van der Waals surface area contributed by atoms with Gasteiger partial charge in [0, 0.05) is 11.3 Å². The largest absolute Gasteiger partial charge is 0.339 e. The van der Waals surface area contributed by atoms with Crippen LogP contribution in [0.3, 0.4) is 0 Å². The molecule has 2 aromatic carbocycles. The molecule has 3 rings (SSSR count). The molecule has 0 aliphatic rings. The van der Waals surface area contributed by atoms with Crippen LogP contribution in [0.15, 0.2) is 53.1 Å². The Morgan fingerprint density at radius 2 is 1.75 bits per heavy atom. The Morgan fingerprint density at radius 3 is 2.38 bits per heavy atom. The molecule has 0 amide bonds. The first-order valence-electron chi connectivity index (χ1n) is 7.04. The zero-order chi connectivity index (χ0) is 17.2. The molecule has 0 aliphatic heterocycles. The van der Waals surface area contributed by atoms with Crippen molar-refractivity contribution >= 4 is 15.7 Å². The van der Waals surface area contributed by atoms with Gasteiger partial charge in [0.15, 0.2) is 0 Å². The third-order valence-electron chi connectivity index (χ3n) is 3.18. The maximum atomic E-state index is 12.9. The molecule has 1 heterocycles. The molecule has 24 heavy (non-hydrogen) atoms. The molecule has 0 saturated carbocycles. The van der Waals surface area contributed by atoms with Crippen LogP contribution in [0.2, 0.25) is 0 Å². The zero-order valence-corrected chi connectivity index (χ0v) is 13.5. The summed E-state index contributed by atoms with van der Waals surface area (Å²) in [5.41, 5.74) is 2.01. The molecule has 6 nitrogen and oxygen atoms in total. The van der Waals surface area contributed by atoms with Crippen molar-refractivity contribution in [2.24, 2.45) is 0 Å². The highest BCUT2D eigenvalue weighted by molar-refractivity contribution is 7.92. The van der Waals surface area contributed by atoms with E-state index in [-0.39, 0.29) is 5.82 Å². The van der Waals surface area contributed by atoms with Crippen molar-refractivity contribution in [3.8, 4) is 11.4 Å². The second-order valence-corrected chi connectivity index (χ2v) is 7.01. The second kappa shape index (κ2) is 6.40. The first-order chi connectivity index (χ1) is 11.4. The van der Waals surface area contributed by atoms with Crippen LogP contribution in [0.1, 0.15) is 11.5 Å². The Hall–Kier alpha value is -2.74. The minimum absolute atomic E-state index is 0.298. The van der Waals surface area contributed by atoms with Crippen LogP contribution >= 0.6 is 0 Å². The van der Waals surface area contributed by atoms with Gasteiger partial charge in [-0.2, -0.15) is 4.98 Å². The van der Waals surface area contributed by atoms with Gasteiger partial charge in [-0.1, -0.05) is 17.3 Å². The smallest absolute Gasteiger partial charge is 0.231 e. The molecule has 0 radical (unpaired) electrons. The van der Waals surface area contributed by atoms with E-state index in [1.54, 1.807) is 36.4 Å². The molecule has 1 aromatic heterocycles. The fourth-order valence-corrected chi connectivity index (χ4v) is 2.69. The van der Waals surface area contributed by atoms with E-state index in [2.05, 4.69) is 14.9 Å². The highest BCUT2D eigenvalue weighted by Crippen LogP contribution is 2.20. The Kier molecular flexibility index (Phi) is 4.30. The molecule has 124 valence electrons. The van der Waals surface area contributed by atoms with Gasteiger partial charge in [-0.05, 0) is 42.0 Å². The van der Waals surface area contributed by atoms with Crippen molar-refractivity contribution in [3.05, 3.63) is 65.8 Å². The minimum Gasteiger partial charge on any atom is -0.339 e. The minimum atomic E-state index is -3.31. The third kappa shape index (κ3) is 4.17. The molecule has 0 fully saturated rings. The Balaban J connectivity index is 1.74. The SMILES string of the molecule is CS(=O)(=O)Nc1ccc(-c2noc(Cc3ccc(F)cc3)n2)cc1. The van der Waals surface area contributed by atoms with Gasteiger partial charge in [-0.3, -0.25) is 4.72 Å². The third-order valence-corrected chi connectivity index (χ3v) is 3.79. The number of aromatic nitrogens is 2. The average Bonchev–Trinajstić information content (AvgIpc) is 2.97. The van der Waals surface area contributed by atoms with Crippen molar-refractivity contribution < 1.29 is 17.3 Å². The van der Waals surface area contributed by atoms with Crippen LogP contribution in [-0.2, 0) is 16.4 Å². The van der Waals surface area contributed by atoms with E-state index in [0.29, 0.717) is 29.4 Å². The molecule has 0 aliphatic carbocycles. The summed E-state index contributed by atoms with van der Waals surface area (Å²) in [6.45, 7) is 0. The summed E-state index contributed by atoms with van der Waals surface area (Å²) in [6.07, 6.45) is 1.49. The summed E-state index contributed by atoms with van der Waals surface area (Å²) in [7, 11) is -3.31. The predicted molar refractivity (Wildman–Crippen MR) is 87.4 cm³/mol. The summed E-state index contributed by atoms with van der Waals surface area (Å²) in [4.78, 5) is 4.29. The van der Waals surface area contributed by atoms with Crippen LogP contribution in [0, 0.1) is 5.82 Å². The summed E-state index contributed by atoms with van der Waals surface area (Å²) in [5, 5.41) is 3.91. The monoisotopic (exact) mass is 347 g/mol. The number of rotatable bonds is 5. The molecular formula is C16H14FN3O3S. The second-order valence-electron chi connectivity index (χ2n) is 5.27. The van der Waals surface area contributed by atoms with Crippen LogP contribution in [0.4, 0.5) is 10.1 Å². The van der Waals surface area contributed by atoms with E-state index in [9.17, 15) is 12.8 Å². The zero-order valence-electron chi connectivity index (χ0n) is 12.7. The molecule has 0 atom stereocenters. The first-order valence-corrected chi connectivity index (χ1v) is 8.93. The fourth-order valence-electron chi connectivity index (χ4n) is 2.12. The molecule has 0 bridgehead atoms. The van der Waals surface area contributed by atoms with Crippen molar-refractivity contribution in [3.63, 3.8) is 0 Å². The van der Waals surface area contributed by atoms with E-state index in [0.717, 1.165) is 11.8 Å². The van der Waals surface area contributed by atoms with Crippen LogP contribution in [-0.4, -0.2) is 24.8 Å². The Labute approximate surface area is 138 Å². The summed E-state index contributed by atoms with van der Waals surface area (Å²) in [5.74, 6) is 0.515. The molecule has 3 aromatic rings. The molecule has 0 unspecified atom stereocenters. The van der Waals surface area contributed by atoms with E-state index >= 15 is 0 Å². The van der Waals surface area contributed by atoms with Crippen molar-refractivity contribution in [1.29, 1.82) is 0 Å². The number of benzene rings is 2. The number of sulfonamides is 1. The van der Waals surface area contributed by atoms with Gasteiger partial charge in [-0.25, -0.2) is 12.8 Å². The maximum absolute atomic E-state index is 12.9. The lowest BCUT2D eigenvalue weighted by Crippen LogP contribution is -2.09. The van der Waals surface area contributed by atoms with Crippen LogP contribution in [0.5, 0.6) is 0 Å². The van der Waals surface area contributed by atoms with Crippen molar-refractivity contribution in [2.45, 2.75) is 6.42 Å². The first kappa shape index (κ1) is 16.1. The topological polar surface area (TPSA) is 85.1 Å². The van der Waals surface area contributed by atoms with Crippen LogP contribution < -0.4 is 4.72 Å². The number of nitrogens with zero attached hydrogens (tertiary/aromatic N) is 2. The van der Waals surface area contributed by atoms with E-state index < -0.39 is 10.0 Å². The number of anilines is 1. The molecule has 0 saturated heterocycles. The van der Waals surface area contributed by atoms with Gasteiger partial charge in [0.05, 0.1) is 12.7 Å². The molecule has 1 N–H and O–H groups in total. The summed E-state index contributed by atoms with van der Waals surface area (Å²) < 4.78 is 42.8. The van der Waals surface area contributed by atoms with E-state index in [4.69, 9.17) is 4.52 Å². The van der Waals surface area contributed by atoms with Gasteiger partial charge in [0.25, 0.3) is 0 Å². The molecule has 0 spiro atoms. The lowest BCUT2D eigenvalue weighted by atomic mass is 10.1. The normalized spacial score (nSPS) is 11.4. The van der Waals surface area contributed by atoms with Gasteiger partial charge >= 0.3 is 0 Å². The lowest BCUT2D eigenvalue weighted by Gasteiger charge is -2.03. The van der Waals surface area contributed by atoms with Gasteiger partial charge in [-0.15, -0.1) is 0 Å². The Morgan fingerprint density at radius 1 is 1.08 bits per heavy atom. The maximum Gasteiger partial charge on any atom is 0.231 e. The van der Waals surface area contributed by atoms with Crippen LogP contribution in [0.25, 0.3) is 11.4 Å². The number of nitrogens with one attached hydrogen (secondary N) is 1. The Bertz CT molecular complexity index is 935. The fraction of sp³-hybridized carbons (Fsp3) is 0.125. The van der Waals surface area contributed by atoms with Crippen molar-refractivity contribution in [2.75, 3.05) is 11.0 Å². The number of halogens is 1. The number of hydrogen-bond acceptors (Lipinski definition) is 5. The van der Waals surface area contributed by atoms with Gasteiger partial charge < -0.3 is 4.52 Å². The van der Waals surface area contributed by atoms with E-state index in [1.807, 2.05) is 0 Å². The standard InChI is InChI=1S/C16H14FN3O3S/c1-24(21,22)20-14-8-4-12(5-9-14)16-18-15(23-19-16)10-11-2-6-13(17)7-3-11/h2-9,20H,10H2,1H3. The average molecular weight is 347 g/mol. The number of hydrogen-bond donors (Lipinski definition) is 1. The van der Waals surface area contributed by atoms with Gasteiger partial charge in [0.1, 0.15) is 5.82 Å². The summed E-state index contributed by atoms with van der Waals surface area (Å²) in [6, 6.07) is 12.7. The highest BCUT2D eigenvalue weighted by Gasteiger charge is 2.10. The predicted octanol–water partition coefficient (Wildman–Crippen LogP) is 2.84. The molecular weight excluding hydrogens is 333 g/mol. The van der Waals surface area contributed by atoms with Crippen molar-refractivity contribution in [1.82, 2.24) is 10.1 Å². The quantitative estimate of drug-likeness (QED) is 0.767. The molecule has 8 heteroatoms. The van der Waals surface area contributed by atoms with E-state index in [1.165, 1.54) is 12.1 Å².